The minimum atomic E-state index is -0.507. The third kappa shape index (κ3) is 2.92. The molecule has 0 bridgehead atoms. The van der Waals surface area contributed by atoms with E-state index in [-0.39, 0.29) is 18.1 Å². The molecule has 0 saturated heterocycles. The fourth-order valence-corrected chi connectivity index (χ4v) is 1.55. The number of nitrogens with zero attached hydrogens (tertiary/aromatic N) is 4. The van der Waals surface area contributed by atoms with Gasteiger partial charge in [-0.3, -0.25) is 20.0 Å². The Kier molecular flexibility index (Phi) is 3.51. The third-order valence-electron chi connectivity index (χ3n) is 2.52. The van der Waals surface area contributed by atoms with Gasteiger partial charge in [0.25, 0.3) is 11.6 Å². The molecule has 2 rings (SSSR count). The molecule has 0 aliphatic carbocycles. The van der Waals surface area contributed by atoms with E-state index in [1.165, 1.54) is 35.5 Å². The van der Waals surface area contributed by atoms with Gasteiger partial charge in [-0.2, -0.15) is 5.10 Å². The van der Waals surface area contributed by atoms with Gasteiger partial charge < -0.3 is 4.90 Å². The molecule has 1 amide bonds. The molecule has 0 fully saturated rings. The number of nitro benzene ring substituents is 1. The Morgan fingerprint density at radius 1 is 1.42 bits per heavy atom. The Morgan fingerprint density at radius 2 is 2.11 bits per heavy atom. The zero-order chi connectivity index (χ0) is 13.8. The number of non-ortho nitro benzene ring substituents is 1. The highest BCUT2D eigenvalue weighted by Gasteiger charge is 2.14. The molecule has 2 aromatic rings. The van der Waals surface area contributed by atoms with Crippen LogP contribution in [0, 0.1) is 10.1 Å². The van der Waals surface area contributed by atoms with Crippen LogP contribution in [0.1, 0.15) is 16.2 Å². The number of amides is 1. The summed E-state index contributed by atoms with van der Waals surface area (Å²) in [6.45, 7) is 0.288. The van der Waals surface area contributed by atoms with Crippen LogP contribution < -0.4 is 0 Å². The van der Waals surface area contributed by atoms with E-state index in [2.05, 4.69) is 15.2 Å². The first-order valence-electron chi connectivity index (χ1n) is 5.42. The zero-order valence-electron chi connectivity index (χ0n) is 10.1. The number of nitrogens with one attached hydrogen (secondary N) is 1. The van der Waals surface area contributed by atoms with Crippen molar-refractivity contribution in [2.45, 2.75) is 6.54 Å². The Labute approximate surface area is 108 Å². The highest BCUT2D eigenvalue weighted by Crippen LogP contribution is 2.13. The summed E-state index contributed by atoms with van der Waals surface area (Å²) in [6.07, 6.45) is 1.36. The van der Waals surface area contributed by atoms with Crippen LogP contribution in [0.4, 0.5) is 5.69 Å². The molecule has 0 aliphatic rings. The standard InChI is InChI=1S/C11H11N5O3/c1-15(6-10-12-7-13-14-10)11(17)8-2-4-9(5-3-8)16(18)19/h2-5,7H,6H2,1H3,(H,12,13,14). The zero-order valence-corrected chi connectivity index (χ0v) is 10.1. The van der Waals surface area contributed by atoms with Crippen molar-refractivity contribution >= 4 is 11.6 Å². The molecule has 0 spiro atoms. The molecule has 0 atom stereocenters. The highest BCUT2D eigenvalue weighted by atomic mass is 16.6. The number of benzene rings is 1. The average molecular weight is 261 g/mol. The molecule has 1 aromatic carbocycles. The van der Waals surface area contributed by atoms with Gasteiger partial charge in [0.2, 0.25) is 0 Å². The van der Waals surface area contributed by atoms with Gasteiger partial charge in [0.1, 0.15) is 12.2 Å². The van der Waals surface area contributed by atoms with Crippen molar-refractivity contribution in [3.8, 4) is 0 Å². The average Bonchev–Trinajstić information content (AvgIpc) is 2.90. The number of hydrogen-bond donors (Lipinski definition) is 1. The predicted octanol–water partition coefficient (Wildman–Crippen LogP) is 0.985. The maximum absolute atomic E-state index is 12.0. The predicted molar refractivity (Wildman–Crippen MR) is 65.3 cm³/mol. The van der Waals surface area contributed by atoms with Crippen LogP contribution in [0.2, 0.25) is 0 Å². The molecule has 8 heteroatoms. The van der Waals surface area contributed by atoms with Crippen molar-refractivity contribution < 1.29 is 9.72 Å². The number of H-pyrrole nitrogens is 1. The van der Waals surface area contributed by atoms with Gasteiger partial charge in [-0.25, -0.2) is 4.98 Å². The van der Waals surface area contributed by atoms with Gasteiger partial charge in [-0.05, 0) is 12.1 Å². The lowest BCUT2D eigenvalue weighted by molar-refractivity contribution is -0.384. The van der Waals surface area contributed by atoms with Gasteiger partial charge in [0.15, 0.2) is 0 Å². The van der Waals surface area contributed by atoms with Gasteiger partial charge in [-0.1, -0.05) is 0 Å². The van der Waals surface area contributed by atoms with E-state index in [1.54, 1.807) is 7.05 Å². The van der Waals surface area contributed by atoms with Crippen LogP contribution >= 0.6 is 0 Å². The van der Waals surface area contributed by atoms with Crippen LogP contribution in [0.5, 0.6) is 0 Å². The third-order valence-corrected chi connectivity index (χ3v) is 2.52. The smallest absolute Gasteiger partial charge is 0.269 e. The minimum Gasteiger partial charge on any atom is -0.334 e. The molecule has 19 heavy (non-hydrogen) atoms. The monoisotopic (exact) mass is 261 g/mol. The maximum Gasteiger partial charge on any atom is 0.269 e. The summed E-state index contributed by atoms with van der Waals surface area (Å²) >= 11 is 0. The summed E-state index contributed by atoms with van der Waals surface area (Å²) in [5.74, 6) is 0.323. The summed E-state index contributed by atoms with van der Waals surface area (Å²) in [5, 5.41) is 16.9. The molecule has 0 saturated carbocycles. The SMILES string of the molecule is CN(Cc1ncn[nH]1)C(=O)c1ccc([N+](=O)[O-])cc1. The number of nitro groups is 1. The van der Waals surface area contributed by atoms with Crippen molar-refractivity contribution in [3.05, 3.63) is 52.1 Å². The Hall–Kier alpha value is -2.77. The number of aromatic amines is 1. The Bertz CT molecular complexity index is 579. The number of aromatic nitrogens is 3. The van der Waals surface area contributed by atoms with E-state index in [1.807, 2.05) is 0 Å². The molecule has 1 N–H and O–H groups in total. The van der Waals surface area contributed by atoms with E-state index >= 15 is 0 Å². The number of carbonyl (C=O) groups is 1. The Balaban J connectivity index is 2.08. The lowest BCUT2D eigenvalue weighted by atomic mass is 10.2. The normalized spacial score (nSPS) is 10.2. The van der Waals surface area contributed by atoms with Crippen LogP contribution in [0.25, 0.3) is 0 Å². The molecule has 0 unspecified atom stereocenters. The topological polar surface area (TPSA) is 105 Å². The van der Waals surface area contributed by atoms with Crippen molar-refractivity contribution in [3.63, 3.8) is 0 Å². The fraction of sp³-hybridized carbons (Fsp3) is 0.182. The lowest BCUT2D eigenvalue weighted by Crippen LogP contribution is -2.26. The maximum atomic E-state index is 12.0. The molecular formula is C11H11N5O3. The van der Waals surface area contributed by atoms with E-state index in [9.17, 15) is 14.9 Å². The van der Waals surface area contributed by atoms with Crippen LogP contribution in [0.3, 0.4) is 0 Å². The van der Waals surface area contributed by atoms with Gasteiger partial charge in [0, 0.05) is 24.7 Å². The molecule has 8 nitrogen and oxygen atoms in total. The van der Waals surface area contributed by atoms with Crippen LogP contribution in [0.15, 0.2) is 30.6 Å². The molecule has 1 aromatic heterocycles. The minimum absolute atomic E-state index is 0.0468. The van der Waals surface area contributed by atoms with Crippen LogP contribution in [-0.2, 0) is 6.54 Å². The first-order valence-corrected chi connectivity index (χ1v) is 5.42. The molecular weight excluding hydrogens is 250 g/mol. The Morgan fingerprint density at radius 3 is 2.63 bits per heavy atom. The van der Waals surface area contributed by atoms with Gasteiger partial charge in [0.05, 0.1) is 11.5 Å². The largest absolute Gasteiger partial charge is 0.334 e. The van der Waals surface area contributed by atoms with E-state index in [0.29, 0.717) is 11.4 Å². The van der Waals surface area contributed by atoms with E-state index in [4.69, 9.17) is 0 Å². The van der Waals surface area contributed by atoms with E-state index < -0.39 is 4.92 Å². The molecule has 0 aliphatic heterocycles. The second kappa shape index (κ2) is 5.25. The highest BCUT2D eigenvalue weighted by molar-refractivity contribution is 5.94. The van der Waals surface area contributed by atoms with Crippen molar-refractivity contribution in [2.75, 3.05) is 7.05 Å². The summed E-state index contributed by atoms with van der Waals surface area (Å²) in [6, 6.07) is 5.46. The summed E-state index contributed by atoms with van der Waals surface area (Å²) in [7, 11) is 1.62. The lowest BCUT2D eigenvalue weighted by Gasteiger charge is -2.15. The summed E-state index contributed by atoms with van der Waals surface area (Å²) in [4.78, 5) is 27.4. The molecule has 1 heterocycles. The number of hydrogen-bond acceptors (Lipinski definition) is 5. The second-order valence-corrected chi connectivity index (χ2v) is 3.90. The number of carbonyl (C=O) groups excluding carboxylic acids is 1. The number of rotatable bonds is 4. The molecule has 0 radical (unpaired) electrons. The van der Waals surface area contributed by atoms with Crippen molar-refractivity contribution in [1.82, 2.24) is 20.1 Å². The van der Waals surface area contributed by atoms with E-state index in [0.717, 1.165) is 0 Å². The first-order chi connectivity index (χ1) is 9.08. The first kappa shape index (κ1) is 12.7. The van der Waals surface area contributed by atoms with Gasteiger partial charge >= 0.3 is 0 Å². The fourth-order valence-electron chi connectivity index (χ4n) is 1.55. The second-order valence-electron chi connectivity index (χ2n) is 3.90. The van der Waals surface area contributed by atoms with Crippen molar-refractivity contribution in [1.29, 1.82) is 0 Å². The van der Waals surface area contributed by atoms with Crippen LogP contribution in [-0.4, -0.2) is 38.0 Å². The van der Waals surface area contributed by atoms with Gasteiger partial charge in [-0.15, -0.1) is 0 Å². The quantitative estimate of drug-likeness (QED) is 0.652. The molecule has 98 valence electrons. The summed E-state index contributed by atoms with van der Waals surface area (Å²) in [5.41, 5.74) is 0.335. The summed E-state index contributed by atoms with van der Waals surface area (Å²) < 4.78 is 0. The van der Waals surface area contributed by atoms with Crippen molar-refractivity contribution in [2.24, 2.45) is 0 Å².